The summed E-state index contributed by atoms with van der Waals surface area (Å²) in [7, 11) is 0. The van der Waals surface area contributed by atoms with Crippen LogP contribution in [0.15, 0.2) is 12.2 Å². The van der Waals surface area contributed by atoms with Crippen molar-refractivity contribution in [2.75, 3.05) is 33.0 Å². The lowest BCUT2D eigenvalue weighted by Gasteiger charge is -2.58. The van der Waals surface area contributed by atoms with Crippen molar-refractivity contribution in [1.82, 2.24) is 0 Å². The van der Waals surface area contributed by atoms with Gasteiger partial charge in [0, 0.05) is 39.0 Å². The molecule has 0 radical (unpaired) electrons. The fourth-order valence-electron chi connectivity index (χ4n) is 3.28. The van der Waals surface area contributed by atoms with E-state index in [2.05, 4.69) is 0 Å². The zero-order valence-electron chi connectivity index (χ0n) is 15.4. The predicted octanol–water partition coefficient (Wildman–Crippen LogP) is 2.42. The second-order valence-electron chi connectivity index (χ2n) is 5.39. The van der Waals surface area contributed by atoms with Gasteiger partial charge in [0.15, 0.2) is 5.72 Å². The Hall–Kier alpha value is -0.500. The van der Waals surface area contributed by atoms with Gasteiger partial charge in [0.05, 0.1) is 0 Å². The van der Waals surface area contributed by atoms with Crippen LogP contribution in [0.5, 0.6) is 0 Å². The molecule has 0 heterocycles. The molecule has 2 unspecified atom stereocenters. The molecule has 6 nitrogen and oxygen atoms in total. The van der Waals surface area contributed by atoms with E-state index >= 15 is 0 Å². The number of nitrogens with two attached hydrogens (primary N) is 1. The topological polar surface area (TPSA) is 72.2 Å². The lowest BCUT2D eigenvalue weighted by molar-refractivity contribution is -0.459. The molecule has 0 aromatic rings. The van der Waals surface area contributed by atoms with Crippen LogP contribution in [-0.2, 0) is 23.7 Å². The van der Waals surface area contributed by atoms with Gasteiger partial charge in [-0.05, 0) is 40.7 Å². The van der Waals surface area contributed by atoms with E-state index in [1.54, 1.807) is 6.08 Å². The van der Waals surface area contributed by atoms with Crippen LogP contribution in [0.4, 0.5) is 0 Å². The quantitative estimate of drug-likeness (QED) is 0.490. The van der Waals surface area contributed by atoms with E-state index < -0.39 is 17.3 Å². The third-order valence-electron chi connectivity index (χ3n) is 4.00. The minimum atomic E-state index is -1.40. The first-order valence-corrected chi connectivity index (χ1v) is 8.61. The molecule has 0 aliphatic heterocycles. The lowest BCUT2D eigenvalue weighted by Crippen LogP contribution is -2.79. The number of ether oxygens (including phenoxy) is 5. The first-order valence-electron chi connectivity index (χ1n) is 8.61. The van der Waals surface area contributed by atoms with Gasteiger partial charge in [-0.3, -0.25) is 5.73 Å². The Morgan fingerprint density at radius 1 is 0.783 bits per heavy atom. The minimum absolute atomic E-state index is 0.127. The maximum absolute atomic E-state index is 6.60. The van der Waals surface area contributed by atoms with E-state index in [0.717, 1.165) is 0 Å². The van der Waals surface area contributed by atoms with Crippen LogP contribution >= 0.6 is 0 Å². The van der Waals surface area contributed by atoms with E-state index in [1.807, 2.05) is 47.6 Å². The van der Waals surface area contributed by atoms with Gasteiger partial charge in [0.1, 0.15) is 0 Å². The molecule has 0 aromatic carbocycles. The molecule has 2 N–H and O–H groups in total. The third kappa shape index (κ3) is 3.34. The van der Waals surface area contributed by atoms with Gasteiger partial charge in [-0.25, -0.2) is 0 Å². The summed E-state index contributed by atoms with van der Waals surface area (Å²) in [5.41, 5.74) is 5.29. The van der Waals surface area contributed by atoms with Crippen molar-refractivity contribution < 1.29 is 23.7 Å². The highest BCUT2D eigenvalue weighted by Crippen LogP contribution is 2.49. The van der Waals surface area contributed by atoms with Crippen LogP contribution in [-0.4, -0.2) is 50.3 Å². The molecule has 0 aromatic heterocycles. The van der Waals surface area contributed by atoms with E-state index in [4.69, 9.17) is 29.4 Å². The molecule has 6 heteroatoms. The Morgan fingerprint density at radius 3 is 1.61 bits per heavy atom. The molecule has 0 saturated heterocycles. The van der Waals surface area contributed by atoms with Crippen molar-refractivity contribution in [1.29, 1.82) is 0 Å². The average Bonchev–Trinajstić information content (AvgIpc) is 2.51. The summed E-state index contributed by atoms with van der Waals surface area (Å²) in [6, 6.07) is 0. The van der Waals surface area contributed by atoms with Gasteiger partial charge in [0.2, 0.25) is 5.79 Å². The highest BCUT2D eigenvalue weighted by atomic mass is 16.8. The Labute approximate surface area is 140 Å². The molecular formula is C17H33NO5. The summed E-state index contributed by atoms with van der Waals surface area (Å²) < 4.78 is 30.3. The lowest BCUT2D eigenvalue weighted by atomic mass is 9.78. The summed E-state index contributed by atoms with van der Waals surface area (Å²) in [6.07, 6.45) is 3.74. The Balaban J connectivity index is 3.60. The van der Waals surface area contributed by atoms with E-state index in [0.29, 0.717) is 33.0 Å². The Kier molecular flexibility index (Phi) is 7.64. The molecule has 0 bridgehead atoms. The summed E-state index contributed by atoms with van der Waals surface area (Å²) >= 11 is 0. The first kappa shape index (κ1) is 20.5. The van der Waals surface area contributed by atoms with Crippen LogP contribution in [0.1, 0.15) is 41.5 Å². The minimum Gasteiger partial charge on any atom is -0.352 e. The fourth-order valence-corrected chi connectivity index (χ4v) is 3.28. The molecule has 1 aliphatic rings. The van der Waals surface area contributed by atoms with Gasteiger partial charge in [0.25, 0.3) is 5.79 Å². The third-order valence-corrected chi connectivity index (χ3v) is 4.00. The molecule has 23 heavy (non-hydrogen) atoms. The fraction of sp³-hybridized carbons (Fsp3) is 0.882. The number of rotatable bonds is 10. The highest BCUT2D eigenvalue weighted by molar-refractivity contribution is 5.22. The van der Waals surface area contributed by atoms with Gasteiger partial charge < -0.3 is 23.7 Å². The monoisotopic (exact) mass is 331 g/mol. The van der Waals surface area contributed by atoms with E-state index in [1.165, 1.54) is 0 Å². The van der Waals surface area contributed by atoms with Crippen molar-refractivity contribution >= 4 is 0 Å². The standard InChI is InChI=1S/C17H33NO5/c1-7-19-15(18)13-12-14(6)16(20-8-2,21-9-3)17(15,22-10-4)23-11-5/h12-14H,7-11,18H2,1-6H3. The highest BCUT2D eigenvalue weighted by Gasteiger charge is 2.70. The van der Waals surface area contributed by atoms with Gasteiger partial charge in [-0.1, -0.05) is 13.0 Å². The molecule has 0 saturated carbocycles. The molecule has 136 valence electrons. The predicted molar refractivity (Wildman–Crippen MR) is 88.8 cm³/mol. The molecule has 1 aliphatic carbocycles. The average molecular weight is 331 g/mol. The molecule has 0 spiro atoms. The van der Waals surface area contributed by atoms with Crippen molar-refractivity contribution in [2.24, 2.45) is 11.7 Å². The molecule has 1 rings (SSSR count). The van der Waals surface area contributed by atoms with E-state index in [-0.39, 0.29) is 5.92 Å². The van der Waals surface area contributed by atoms with Crippen molar-refractivity contribution in [2.45, 2.75) is 58.8 Å². The normalized spacial score (nSPS) is 28.9. The molecular weight excluding hydrogens is 298 g/mol. The van der Waals surface area contributed by atoms with Gasteiger partial charge in [-0.2, -0.15) is 0 Å². The van der Waals surface area contributed by atoms with Crippen LogP contribution in [0.2, 0.25) is 0 Å². The number of hydrogen-bond acceptors (Lipinski definition) is 6. The van der Waals surface area contributed by atoms with Crippen LogP contribution in [0.3, 0.4) is 0 Å². The molecule has 0 amide bonds. The van der Waals surface area contributed by atoms with E-state index in [9.17, 15) is 0 Å². The maximum atomic E-state index is 6.60. The molecule has 2 atom stereocenters. The maximum Gasteiger partial charge on any atom is 0.272 e. The Bertz CT molecular complexity index is 375. The van der Waals surface area contributed by atoms with Crippen molar-refractivity contribution in [3.05, 3.63) is 12.2 Å². The van der Waals surface area contributed by atoms with Crippen LogP contribution < -0.4 is 5.73 Å². The van der Waals surface area contributed by atoms with Crippen LogP contribution in [0, 0.1) is 5.92 Å². The Morgan fingerprint density at radius 2 is 1.22 bits per heavy atom. The molecule has 0 fully saturated rings. The largest absolute Gasteiger partial charge is 0.352 e. The van der Waals surface area contributed by atoms with Gasteiger partial charge >= 0.3 is 0 Å². The second-order valence-corrected chi connectivity index (χ2v) is 5.39. The summed E-state index contributed by atoms with van der Waals surface area (Å²) in [6.45, 7) is 13.5. The zero-order valence-corrected chi connectivity index (χ0v) is 15.4. The van der Waals surface area contributed by atoms with Crippen LogP contribution in [0.25, 0.3) is 0 Å². The smallest absolute Gasteiger partial charge is 0.272 e. The first-order chi connectivity index (χ1) is 10.9. The number of hydrogen-bond donors (Lipinski definition) is 1. The summed E-state index contributed by atoms with van der Waals surface area (Å²) in [5, 5.41) is 0. The van der Waals surface area contributed by atoms with Gasteiger partial charge in [-0.15, -0.1) is 0 Å². The summed E-state index contributed by atoms with van der Waals surface area (Å²) in [4.78, 5) is 0. The summed E-state index contributed by atoms with van der Waals surface area (Å²) in [5.74, 6) is -2.72. The second kappa shape index (κ2) is 8.55. The van der Waals surface area contributed by atoms with Crippen molar-refractivity contribution in [3.8, 4) is 0 Å². The zero-order chi connectivity index (χ0) is 17.6. The van der Waals surface area contributed by atoms with Crippen molar-refractivity contribution in [3.63, 3.8) is 0 Å². The SMILES string of the molecule is CCOC1(N)C=CC(C)C(OCC)(OCC)C1(OCC)OCC.